The first-order chi connectivity index (χ1) is 11.3. The molecule has 5 heteroatoms. The lowest BCUT2D eigenvalue weighted by atomic mass is 10.0. The molecule has 1 atom stereocenters. The van der Waals surface area contributed by atoms with E-state index in [0.717, 1.165) is 31.6 Å². The Hall–Kier alpha value is -2.27. The Bertz CT molecular complexity index is 656. The van der Waals surface area contributed by atoms with Gasteiger partial charge in [-0.3, -0.25) is 4.79 Å². The minimum Gasteiger partial charge on any atom is -0.316 e. The standard InChI is InChI=1S/C18H20FN3O/c19-16-7-4-10-21-17(16)18(23)22(15-5-2-1-3-6-15)12-9-14-8-11-20-13-14/h1-7,10,14,20H,8-9,11-13H2. The number of para-hydroxylation sites is 1. The Kier molecular flexibility index (Phi) is 4.98. The molecule has 0 bridgehead atoms. The zero-order valence-electron chi connectivity index (χ0n) is 12.9. The normalized spacial score (nSPS) is 17.2. The van der Waals surface area contributed by atoms with E-state index >= 15 is 0 Å². The number of anilines is 1. The number of hydrogen-bond acceptors (Lipinski definition) is 3. The number of amides is 1. The van der Waals surface area contributed by atoms with Gasteiger partial charge in [0.15, 0.2) is 11.5 Å². The summed E-state index contributed by atoms with van der Waals surface area (Å²) in [4.78, 5) is 18.3. The molecule has 0 saturated carbocycles. The molecule has 1 fully saturated rings. The smallest absolute Gasteiger partial charge is 0.279 e. The number of carbonyl (C=O) groups excluding carboxylic acids is 1. The van der Waals surface area contributed by atoms with Crippen molar-refractivity contribution in [1.29, 1.82) is 0 Å². The van der Waals surface area contributed by atoms with Crippen molar-refractivity contribution in [1.82, 2.24) is 10.3 Å². The van der Waals surface area contributed by atoms with Crippen LogP contribution in [0.5, 0.6) is 0 Å². The predicted octanol–water partition coefficient (Wildman–Crippen LogP) is 2.87. The minimum atomic E-state index is -0.582. The molecule has 23 heavy (non-hydrogen) atoms. The number of aromatic nitrogens is 1. The van der Waals surface area contributed by atoms with Gasteiger partial charge in [-0.2, -0.15) is 0 Å². The zero-order valence-corrected chi connectivity index (χ0v) is 12.9. The Morgan fingerprint density at radius 3 is 2.78 bits per heavy atom. The third-order valence-corrected chi connectivity index (χ3v) is 4.20. The monoisotopic (exact) mass is 313 g/mol. The van der Waals surface area contributed by atoms with Crippen molar-refractivity contribution in [3.05, 3.63) is 60.2 Å². The van der Waals surface area contributed by atoms with Crippen molar-refractivity contribution in [2.24, 2.45) is 5.92 Å². The number of benzene rings is 1. The van der Waals surface area contributed by atoms with Crippen LogP contribution < -0.4 is 10.2 Å². The first-order valence-corrected chi connectivity index (χ1v) is 7.94. The van der Waals surface area contributed by atoms with Crippen molar-refractivity contribution < 1.29 is 9.18 Å². The molecule has 1 N–H and O–H groups in total. The van der Waals surface area contributed by atoms with Gasteiger partial charge in [0.25, 0.3) is 5.91 Å². The number of nitrogens with one attached hydrogen (secondary N) is 1. The van der Waals surface area contributed by atoms with Gasteiger partial charge in [0.1, 0.15) is 0 Å². The van der Waals surface area contributed by atoms with Gasteiger partial charge in [-0.05, 0) is 56.1 Å². The second-order valence-electron chi connectivity index (χ2n) is 5.77. The van der Waals surface area contributed by atoms with Crippen LogP contribution >= 0.6 is 0 Å². The summed E-state index contributed by atoms with van der Waals surface area (Å²) in [5, 5.41) is 3.33. The summed E-state index contributed by atoms with van der Waals surface area (Å²) in [6, 6.07) is 12.1. The highest BCUT2D eigenvalue weighted by Crippen LogP contribution is 2.20. The average molecular weight is 313 g/mol. The molecule has 1 unspecified atom stereocenters. The van der Waals surface area contributed by atoms with Crippen LogP contribution in [-0.4, -0.2) is 30.5 Å². The molecule has 4 nitrogen and oxygen atoms in total. The van der Waals surface area contributed by atoms with Crippen LogP contribution in [0.1, 0.15) is 23.3 Å². The fourth-order valence-corrected chi connectivity index (χ4v) is 2.90. The SMILES string of the molecule is O=C(c1ncccc1F)N(CCC1CCNC1)c1ccccc1. The van der Waals surface area contributed by atoms with Crippen molar-refractivity contribution in [2.75, 3.05) is 24.5 Å². The Morgan fingerprint density at radius 1 is 1.26 bits per heavy atom. The van der Waals surface area contributed by atoms with Crippen LogP contribution in [-0.2, 0) is 0 Å². The first-order valence-electron chi connectivity index (χ1n) is 7.94. The number of rotatable bonds is 5. The molecule has 2 aromatic rings. The fourth-order valence-electron chi connectivity index (χ4n) is 2.90. The van der Waals surface area contributed by atoms with Gasteiger partial charge in [0.2, 0.25) is 0 Å². The molecular weight excluding hydrogens is 293 g/mol. The zero-order chi connectivity index (χ0) is 16.1. The molecule has 1 aliphatic rings. The van der Waals surface area contributed by atoms with Crippen molar-refractivity contribution in [3.63, 3.8) is 0 Å². The van der Waals surface area contributed by atoms with E-state index in [4.69, 9.17) is 0 Å². The van der Waals surface area contributed by atoms with Crippen LogP contribution in [0.15, 0.2) is 48.7 Å². The summed E-state index contributed by atoms with van der Waals surface area (Å²) in [6.07, 6.45) is 3.46. The molecule has 1 aromatic carbocycles. The van der Waals surface area contributed by atoms with Gasteiger partial charge in [-0.15, -0.1) is 0 Å². The van der Waals surface area contributed by atoms with Crippen molar-refractivity contribution in [2.45, 2.75) is 12.8 Å². The third-order valence-electron chi connectivity index (χ3n) is 4.20. The summed E-state index contributed by atoms with van der Waals surface area (Å²) >= 11 is 0. The number of nitrogens with zero attached hydrogens (tertiary/aromatic N) is 2. The molecule has 2 heterocycles. The van der Waals surface area contributed by atoms with Gasteiger partial charge < -0.3 is 10.2 Å². The summed E-state index contributed by atoms with van der Waals surface area (Å²) in [5.41, 5.74) is 0.648. The number of hydrogen-bond donors (Lipinski definition) is 1. The number of halogens is 1. The van der Waals surface area contributed by atoms with E-state index in [9.17, 15) is 9.18 Å². The lowest BCUT2D eigenvalue weighted by molar-refractivity contribution is 0.0976. The number of carbonyl (C=O) groups is 1. The second kappa shape index (κ2) is 7.33. The molecule has 0 radical (unpaired) electrons. The fraction of sp³-hybridized carbons (Fsp3) is 0.333. The highest BCUT2D eigenvalue weighted by atomic mass is 19.1. The lowest BCUT2D eigenvalue weighted by Gasteiger charge is -2.24. The van der Waals surface area contributed by atoms with Gasteiger partial charge in [-0.25, -0.2) is 9.37 Å². The van der Waals surface area contributed by atoms with Crippen LogP contribution in [0.4, 0.5) is 10.1 Å². The Labute approximate surface area is 135 Å². The summed E-state index contributed by atoms with van der Waals surface area (Å²) < 4.78 is 13.9. The van der Waals surface area contributed by atoms with Crippen molar-refractivity contribution in [3.8, 4) is 0 Å². The van der Waals surface area contributed by atoms with Gasteiger partial charge in [-0.1, -0.05) is 18.2 Å². The van der Waals surface area contributed by atoms with Crippen molar-refractivity contribution >= 4 is 11.6 Å². The molecule has 1 saturated heterocycles. The maximum atomic E-state index is 13.9. The van der Waals surface area contributed by atoms with Crippen LogP contribution in [0, 0.1) is 11.7 Å². The molecular formula is C18H20FN3O. The van der Waals surface area contributed by atoms with Gasteiger partial charge >= 0.3 is 0 Å². The van der Waals surface area contributed by atoms with E-state index in [1.54, 1.807) is 4.90 Å². The van der Waals surface area contributed by atoms with E-state index in [0.29, 0.717) is 12.5 Å². The molecule has 1 aromatic heterocycles. The topological polar surface area (TPSA) is 45.2 Å². The molecule has 120 valence electrons. The molecule has 1 amide bonds. The third kappa shape index (κ3) is 3.74. The first kappa shape index (κ1) is 15.6. The predicted molar refractivity (Wildman–Crippen MR) is 87.9 cm³/mol. The van der Waals surface area contributed by atoms with Gasteiger partial charge in [0, 0.05) is 18.4 Å². The van der Waals surface area contributed by atoms with E-state index in [1.807, 2.05) is 30.3 Å². The van der Waals surface area contributed by atoms with Crippen LogP contribution in [0.3, 0.4) is 0 Å². The lowest BCUT2D eigenvalue weighted by Crippen LogP contribution is -2.34. The largest absolute Gasteiger partial charge is 0.316 e. The summed E-state index contributed by atoms with van der Waals surface area (Å²) in [7, 11) is 0. The van der Waals surface area contributed by atoms with E-state index < -0.39 is 5.82 Å². The second-order valence-corrected chi connectivity index (χ2v) is 5.77. The van der Waals surface area contributed by atoms with E-state index in [-0.39, 0.29) is 11.6 Å². The highest BCUT2D eigenvalue weighted by Gasteiger charge is 2.23. The van der Waals surface area contributed by atoms with E-state index in [2.05, 4.69) is 10.3 Å². The quantitative estimate of drug-likeness (QED) is 0.923. The van der Waals surface area contributed by atoms with E-state index in [1.165, 1.54) is 18.3 Å². The van der Waals surface area contributed by atoms with Gasteiger partial charge in [0.05, 0.1) is 0 Å². The molecule has 1 aliphatic heterocycles. The maximum absolute atomic E-state index is 13.9. The maximum Gasteiger partial charge on any atom is 0.279 e. The average Bonchev–Trinajstić information content (AvgIpc) is 3.10. The molecule has 0 spiro atoms. The highest BCUT2D eigenvalue weighted by molar-refractivity contribution is 6.04. The molecule has 0 aliphatic carbocycles. The minimum absolute atomic E-state index is 0.124. The van der Waals surface area contributed by atoms with Crippen LogP contribution in [0.25, 0.3) is 0 Å². The summed E-state index contributed by atoms with van der Waals surface area (Å²) in [5.74, 6) is -0.413. The molecule has 3 rings (SSSR count). The van der Waals surface area contributed by atoms with Crippen LogP contribution in [0.2, 0.25) is 0 Å². The summed E-state index contributed by atoms with van der Waals surface area (Å²) in [6.45, 7) is 2.57. The Morgan fingerprint density at radius 2 is 2.09 bits per heavy atom. The number of pyridine rings is 1. The Balaban J connectivity index is 1.82.